The summed E-state index contributed by atoms with van der Waals surface area (Å²) in [5.74, 6) is 0. The lowest BCUT2D eigenvalue weighted by atomic mass is 10.00. The second-order valence-corrected chi connectivity index (χ2v) is 3.38. The van der Waals surface area contributed by atoms with Crippen LogP contribution in [0.4, 0.5) is 0 Å². The summed E-state index contributed by atoms with van der Waals surface area (Å²) in [5, 5.41) is 8.83. The van der Waals surface area contributed by atoms with Crippen LogP contribution in [0.3, 0.4) is 0 Å². The van der Waals surface area contributed by atoms with E-state index in [2.05, 4.69) is 11.1 Å². The van der Waals surface area contributed by atoms with E-state index in [0.29, 0.717) is 5.56 Å². The van der Waals surface area contributed by atoms with Crippen LogP contribution in [0.2, 0.25) is 0 Å². The van der Waals surface area contributed by atoms with Crippen LogP contribution in [0.25, 0.3) is 11.1 Å². The molecule has 0 saturated heterocycles. The van der Waals surface area contributed by atoms with Gasteiger partial charge in [0.2, 0.25) is 0 Å². The Hall–Kier alpha value is -2.14. The summed E-state index contributed by atoms with van der Waals surface area (Å²) in [6.45, 7) is 2.03. The van der Waals surface area contributed by atoms with Crippen molar-refractivity contribution in [2.45, 2.75) is 6.92 Å². The molecule has 0 unspecified atom stereocenters. The fraction of sp³-hybridized carbons (Fsp3) is 0.0769. The van der Waals surface area contributed by atoms with Gasteiger partial charge in [-0.2, -0.15) is 5.26 Å². The zero-order chi connectivity index (χ0) is 10.7. The first kappa shape index (κ1) is 9.42. The summed E-state index contributed by atoms with van der Waals surface area (Å²) in [7, 11) is 0. The second-order valence-electron chi connectivity index (χ2n) is 3.38. The van der Waals surface area contributed by atoms with Crippen LogP contribution < -0.4 is 0 Å². The van der Waals surface area contributed by atoms with E-state index in [9.17, 15) is 0 Å². The molecule has 0 N–H and O–H groups in total. The lowest BCUT2D eigenvalue weighted by Crippen LogP contribution is -1.85. The minimum atomic E-state index is 0.680. The molecule has 2 rings (SSSR count). The molecular weight excluding hydrogens is 184 g/mol. The molecule has 0 bridgehead atoms. The van der Waals surface area contributed by atoms with Crippen LogP contribution in [0, 0.1) is 18.3 Å². The SMILES string of the molecule is Cc1ccc(C#N)cc1-c1cccnc1. The number of hydrogen-bond donors (Lipinski definition) is 0. The second kappa shape index (κ2) is 3.93. The average molecular weight is 194 g/mol. The number of pyridine rings is 1. The fourth-order valence-corrected chi connectivity index (χ4v) is 1.52. The van der Waals surface area contributed by atoms with E-state index in [1.807, 2.05) is 43.5 Å². The number of benzene rings is 1. The number of nitriles is 1. The molecule has 0 amide bonds. The number of rotatable bonds is 1. The molecule has 1 aromatic carbocycles. The summed E-state index contributed by atoms with van der Waals surface area (Å²) >= 11 is 0. The molecule has 2 nitrogen and oxygen atoms in total. The van der Waals surface area contributed by atoms with Gasteiger partial charge in [-0.25, -0.2) is 0 Å². The third kappa shape index (κ3) is 1.87. The van der Waals surface area contributed by atoms with Crippen molar-refractivity contribution in [3.63, 3.8) is 0 Å². The minimum Gasteiger partial charge on any atom is -0.264 e. The van der Waals surface area contributed by atoms with Crippen molar-refractivity contribution in [3.8, 4) is 17.2 Å². The van der Waals surface area contributed by atoms with Crippen LogP contribution in [0.1, 0.15) is 11.1 Å². The quantitative estimate of drug-likeness (QED) is 0.699. The van der Waals surface area contributed by atoms with Crippen molar-refractivity contribution in [3.05, 3.63) is 53.9 Å². The molecule has 0 radical (unpaired) electrons. The van der Waals surface area contributed by atoms with Gasteiger partial charge in [0.25, 0.3) is 0 Å². The zero-order valence-electron chi connectivity index (χ0n) is 8.44. The van der Waals surface area contributed by atoms with Crippen molar-refractivity contribution in [2.75, 3.05) is 0 Å². The van der Waals surface area contributed by atoms with Crippen molar-refractivity contribution >= 4 is 0 Å². The number of hydrogen-bond acceptors (Lipinski definition) is 2. The molecule has 0 aliphatic carbocycles. The lowest BCUT2D eigenvalue weighted by molar-refractivity contribution is 1.32. The first-order valence-corrected chi connectivity index (χ1v) is 4.72. The van der Waals surface area contributed by atoms with Gasteiger partial charge in [-0.1, -0.05) is 12.1 Å². The van der Waals surface area contributed by atoms with E-state index in [0.717, 1.165) is 16.7 Å². The lowest BCUT2D eigenvalue weighted by Gasteiger charge is -2.05. The molecule has 0 spiro atoms. The Morgan fingerprint density at radius 1 is 1.27 bits per heavy atom. The number of aromatic nitrogens is 1. The first-order valence-electron chi connectivity index (χ1n) is 4.72. The van der Waals surface area contributed by atoms with E-state index < -0.39 is 0 Å². The molecular formula is C13H10N2. The molecule has 0 fully saturated rings. The summed E-state index contributed by atoms with van der Waals surface area (Å²) in [6.07, 6.45) is 3.55. The fourth-order valence-electron chi connectivity index (χ4n) is 1.52. The predicted octanol–water partition coefficient (Wildman–Crippen LogP) is 2.93. The molecule has 72 valence electrons. The Labute approximate surface area is 88.8 Å². The number of aryl methyl sites for hydroxylation is 1. The standard InChI is InChI=1S/C13H10N2/c1-10-4-5-11(8-14)7-13(10)12-3-2-6-15-9-12/h2-7,9H,1H3. The summed E-state index contributed by atoms with van der Waals surface area (Å²) < 4.78 is 0. The first-order chi connectivity index (χ1) is 7.31. The smallest absolute Gasteiger partial charge is 0.0991 e. The van der Waals surface area contributed by atoms with Crippen molar-refractivity contribution in [1.82, 2.24) is 4.98 Å². The van der Waals surface area contributed by atoms with Gasteiger partial charge in [0.1, 0.15) is 0 Å². The topological polar surface area (TPSA) is 36.7 Å². The van der Waals surface area contributed by atoms with E-state index in [-0.39, 0.29) is 0 Å². The third-order valence-corrected chi connectivity index (χ3v) is 2.34. The van der Waals surface area contributed by atoms with Crippen molar-refractivity contribution < 1.29 is 0 Å². The van der Waals surface area contributed by atoms with E-state index in [1.165, 1.54) is 0 Å². The maximum atomic E-state index is 8.83. The zero-order valence-corrected chi connectivity index (χ0v) is 8.44. The van der Waals surface area contributed by atoms with Crippen LogP contribution in [0.15, 0.2) is 42.7 Å². The predicted molar refractivity (Wildman–Crippen MR) is 59.1 cm³/mol. The normalized spacial score (nSPS) is 9.60. The molecule has 15 heavy (non-hydrogen) atoms. The Morgan fingerprint density at radius 3 is 2.80 bits per heavy atom. The molecule has 0 atom stereocenters. The van der Waals surface area contributed by atoms with Crippen LogP contribution in [-0.4, -0.2) is 4.98 Å². The Balaban J connectivity index is 2.58. The van der Waals surface area contributed by atoms with Gasteiger partial charge < -0.3 is 0 Å². The monoisotopic (exact) mass is 194 g/mol. The molecule has 0 saturated carbocycles. The molecule has 1 aromatic heterocycles. The van der Waals surface area contributed by atoms with E-state index in [1.54, 1.807) is 6.20 Å². The maximum absolute atomic E-state index is 8.83. The Bertz CT molecular complexity index is 510. The highest BCUT2D eigenvalue weighted by Crippen LogP contribution is 2.23. The molecule has 1 heterocycles. The van der Waals surface area contributed by atoms with Gasteiger partial charge in [0.15, 0.2) is 0 Å². The van der Waals surface area contributed by atoms with Gasteiger partial charge in [-0.15, -0.1) is 0 Å². The maximum Gasteiger partial charge on any atom is 0.0991 e. The van der Waals surface area contributed by atoms with Crippen LogP contribution in [0.5, 0.6) is 0 Å². The van der Waals surface area contributed by atoms with E-state index >= 15 is 0 Å². The highest BCUT2D eigenvalue weighted by Gasteiger charge is 2.02. The minimum absolute atomic E-state index is 0.680. The molecule has 0 aliphatic rings. The Kier molecular flexibility index (Phi) is 2.47. The van der Waals surface area contributed by atoms with Crippen molar-refractivity contribution in [2.24, 2.45) is 0 Å². The summed E-state index contributed by atoms with van der Waals surface area (Å²) in [4.78, 5) is 4.07. The van der Waals surface area contributed by atoms with Crippen LogP contribution >= 0.6 is 0 Å². The average Bonchev–Trinajstić information content (AvgIpc) is 2.31. The summed E-state index contributed by atoms with van der Waals surface area (Å²) in [6, 6.07) is 11.7. The van der Waals surface area contributed by atoms with Gasteiger partial charge in [0, 0.05) is 18.0 Å². The van der Waals surface area contributed by atoms with Gasteiger partial charge in [0.05, 0.1) is 11.6 Å². The third-order valence-electron chi connectivity index (χ3n) is 2.34. The van der Waals surface area contributed by atoms with Crippen LogP contribution in [-0.2, 0) is 0 Å². The largest absolute Gasteiger partial charge is 0.264 e. The highest BCUT2D eigenvalue weighted by molar-refractivity contribution is 5.67. The molecule has 2 aromatic rings. The van der Waals surface area contributed by atoms with Gasteiger partial charge in [-0.05, 0) is 36.2 Å². The van der Waals surface area contributed by atoms with Gasteiger partial charge in [-0.3, -0.25) is 4.98 Å². The highest BCUT2D eigenvalue weighted by atomic mass is 14.6. The molecule has 0 aliphatic heterocycles. The number of nitrogens with zero attached hydrogens (tertiary/aromatic N) is 2. The molecule has 2 heteroatoms. The van der Waals surface area contributed by atoms with E-state index in [4.69, 9.17) is 5.26 Å². The van der Waals surface area contributed by atoms with Gasteiger partial charge >= 0.3 is 0 Å². The Morgan fingerprint density at radius 2 is 2.13 bits per heavy atom. The summed E-state index contributed by atoms with van der Waals surface area (Å²) in [5.41, 5.74) is 3.95. The van der Waals surface area contributed by atoms with Crippen molar-refractivity contribution in [1.29, 1.82) is 5.26 Å².